The summed E-state index contributed by atoms with van der Waals surface area (Å²) in [7, 11) is 0. The van der Waals surface area contributed by atoms with Gasteiger partial charge in [-0.2, -0.15) is 4.57 Å². The average Bonchev–Trinajstić information content (AvgIpc) is 2.87. The molecule has 1 heteroatoms. The van der Waals surface area contributed by atoms with Gasteiger partial charge in [0.15, 0.2) is 6.54 Å². The molecular weight excluding hydrogens is 242 g/mol. The highest BCUT2D eigenvalue weighted by Gasteiger charge is 2.26. The van der Waals surface area contributed by atoms with Crippen molar-refractivity contribution in [2.45, 2.75) is 26.8 Å². The number of pyridine rings is 1. The smallest absolute Gasteiger partial charge is 0.191 e. The van der Waals surface area contributed by atoms with Gasteiger partial charge in [0, 0.05) is 23.4 Å². The van der Waals surface area contributed by atoms with Crippen molar-refractivity contribution < 1.29 is 4.57 Å². The van der Waals surface area contributed by atoms with Crippen LogP contribution in [-0.4, -0.2) is 0 Å². The summed E-state index contributed by atoms with van der Waals surface area (Å²) in [5.41, 5.74) is 8.38. The number of benzene rings is 2. The quantitative estimate of drug-likeness (QED) is 0.583. The molecule has 1 aliphatic rings. The number of para-hydroxylation sites is 1. The lowest BCUT2D eigenvalue weighted by Gasteiger charge is -2.09. The first-order chi connectivity index (χ1) is 9.75. The number of hydrogen-bond acceptors (Lipinski definition) is 0. The van der Waals surface area contributed by atoms with E-state index < -0.39 is 0 Å². The molecule has 0 unspecified atom stereocenters. The molecule has 0 fully saturated rings. The Morgan fingerprint density at radius 1 is 0.850 bits per heavy atom. The number of hydrogen-bond donors (Lipinski definition) is 0. The van der Waals surface area contributed by atoms with Gasteiger partial charge in [0.05, 0.1) is 5.56 Å². The van der Waals surface area contributed by atoms with Gasteiger partial charge in [-0.05, 0) is 37.1 Å². The minimum atomic E-state index is 1.10. The number of aromatic nitrogens is 1. The van der Waals surface area contributed by atoms with Crippen LogP contribution in [0.25, 0.3) is 22.2 Å². The van der Waals surface area contributed by atoms with Crippen molar-refractivity contribution in [2.24, 2.45) is 0 Å². The van der Waals surface area contributed by atoms with Crippen molar-refractivity contribution in [3.63, 3.8) is 0 Å². The van der Waals surface area contributed by atoms with Crippen molar-refractivity contribution in [3.8, 4) is 11.3 Å². The van der Waals surface area contributed by atoms with Gasteiger partial charge in [0.2, 0.25) is 11.2 Å². The Labute approximate surface area is 119 Å². The summed E-state index contributed by atoms with van der Waals surface area (Å²) in [6.07, 6.45) is 1.15. The van der Waals surface area contributed by atoms with Crippen LogP contribution in [0.3, 0.4) is 0 Å². The van der Waals surface area contributed by atoms with Gasteiger partial charge in [-0.15, -0.1) is 0 Å². The molecule has 0 N–H and O–H groups in total. The fourth-order valence-electron chi connectivity index (χ4n) is 3.56. The van der Waals surface area contributed by atoms with Gasteiger partial charge >= 0.3 is 0 Å². The van der Waals surface area contributed by atoms with E-state index in [0.29, 0.717) is 0 Å². The fraction of sp³-hybridized carbons (Fsp3) is 0.211. The Balaban J connectivity index is 2.09. The highest BCUT2D eigenvalue weighted by molar-refractivity contribution is 5.82. The summed E-state index contributed by atoms with van der Waals surface area (Å²) < 4.78 is 2.50. The van der Waals surface area contributed by atoms with E-state index in [0.717, 1.165) is 13.0 Å². The Morgan fingerprint density at radius 3 is 2.40 bits per heavy atom. The van der Waals surface area contributed by atoms with Crippen LogP contribution in [0.5, 0.6) is 0 Å². The maximum Gasteiger partial charge on any atom is 0.216 e. The number of rotatable bonds is 1. The van der Waals surface area contributed by atoms with E-state index in [9.17, 15) is 0 Å². The van der Waals surface area contributed by atoms with Gasteiger partial charge in [-0.25, -0.2) is 0 Å². The second-order valence-corrected chi connectivity index (χ2v) is 5.74. The van der Waals surface area contributed by atoms with Crippen molar-refractivity contribution in [2.75, 3.05) is 0 Å². The molecule has 0 radical (unpaired) electrons. The third-order valence-electron chi connectivity index (χ3n) is 4.47. The highest BCUT2D eigenvalue weighted by Crippen LogP contribution is 2.29. The van der Waals surface area contributed by atoms with Gasteiger partial charge in [0.1, 0.15) is 0 Å². The number of aryl methyl sites for hydroxylation is 4. The summed E-state index contributed by atoms with van der Waals surface area (Å²) in [6, 6.07) is 17.8. The summed E-state index contributed by atoms with van der Waals surface area (Å²) in [5.74, 6) is 0. The maximum absolute atomic E-state index is 2.50. The lowest BCUT2D eigenvalue weighted by atomic mass is 9.98. The molecule has 0 saturated carbocycles. The first-order valence-corrected chi connectivity index (χ1v) is 7.27. The molecule has 2 heterocycles. The van der Waals surface area contributed by atoms with Crippen LogP contribution in [0, 0.1) is 13.8 Å². The summed E-state index contributed by atoms with van der Waals surface area (Å²) in [6.45, 7) is 5.52. The molecule has 0 bridgehead atoms. The van der Waals surface area contributed by atoms with Crippen LogP contribution >= 0.6 is 0 Å². The Bertz CT molecular complexity index is 810. The molecule has 2 aromatic carbocycles. The van der Waals surface area contributed by atoms with Crippen LogP contribution in [0.1, 0.15) is 16.7 Å². The maximum atomic E-state index is 2.50. The zero-order valence-electron chi connectivity index (χ0n) is 12.0. The Hall–Kier alpha value is -2.15. The van der Waals surface area contributed by atoms with Crippen molar-refractivity contribution in [1.82, 2.24) is 0 Å². The van der Waals surface area contributed by atoms with E-state index in [1.54, 1.807) is 0 Å². The normalized spacial score (nSPS) is 13.1. The van der Waals surface area contributed by atoms with Gasteiger partial charge in [-0.1, -0.05) is 30.3 Å². The summed E-state index contributed by atoms with van der Waals surface area (Å²) >= 11 is 0. The molecule has 3 aromatic rings. The monoisotopic (exact) mass is 260 g/mol. The van der Waals surface area contributed by atoms with E-state index in [4.69, 9.17) is 0 Å². The summed E-state index contributed by atoms with van der Waals surface area (Å²) in [4.78, 5) is 0. The zero-order valence-corrected chi connectivity index (χ0v) is 12.0. The van der Waals surface area contributed by atoms with Gasteiger partial charge in [-0.3, -0.25) is 0 Å². The molecule has 4 rings (SSSR count). The van der Waals surface area contributed by atoms with Crippen molar-refractivity contribution in [1.29, 1.82) is 0 Å². The third-order valence-corrected chi connectivity index (χ3v) is 4.47. The van der Waals surface area contributed by atoms with E-state index in [1.165, 1.54) is 38.9 Å². The largest absolute Gasteiger partial charge is 0.216 e. The minimum Gasteiger partial charge on any atom is -0.191 e. The number of nitrogens with zero attached hydrogens (tertiary/aromatic N) is 1. The molecule has 0 aliphatic carbocycles. The first kappa shape index (κ1) is 11.7. The average molecular weight is 260 g/mol. The van der Waals surface area contributed by atoms with Crippen LogP contribution in [-0.2, 0) is 13.0 Å². The standard InChI is InChI=1S/C19H18N/c1-13-5-3-6-14(2)18(13)17-10-9-15-7-4-8-16-11-12-20(17)19(15)16/h3-10H,11-12H2,1-2H3/q+1. The van der Waals surface area contributed by atoms with E-state index >= 15 is 0 Å². The molecule has 20 heavy (non-hydrogen) atoms. The summed E-state index contributed by atoms with van der Waals surface area (Å²) in [5, 5.41) is 1.36. The Kier molecular flexibility index (Phi) is 2.43. The molecule has 0 atom stereocenters. The van der Waals surface area contributed by atoms with Crippen LogP contribution in [0.4, 0.5) is 0 Å². The second kappa shape index (κ2) is 4.17. The molecular formula is C19H18N+. The minimum absolute atomic E-state index is 1.10. The molecule has 1 nitrogen and oxygen atoms in total. The van der Waals surface area contributed by atoms with Crippen LogP contribution < -0.4 is 4.57 Å². The van der Waals surface area contributed by atoms with E-state index in [1.807, 2.05) is 0 Å². The molecule has 1 aromatic heterocycles. The third kappa shape index (κ3) is 1.53. The molecule has 1 aliphatic heterocycles. The molecule has 0 amide bonds. The van der Waals surface area contributed by atoms with Crippen LogP contribution in [0.15, 0.2) is 48.5 Å². The second-order valence-electron chi connectivity index (χ2n) is 5.74. The lowest BCUT2D eigenvalue weighted by molar-refractivity contribution is -0.653. The van der Waals surface area contributed by atoms with E-state index in [2.05, 4.69) is 66.9 Å². The molecule has 0 spiro atoms. The Morgan fingerprint density at radius 2 is 1.60 bits per heavy atom. The fourth-order valence-corrected chi connectivity index (χ4v) is 3.56. The zero-order chi connectivity index (χ0) is 13.7. The lowest BCUT2D eigenvalue weighted by Crippen LogP contribution is -2.34. The predicted octanol–water partition coefficient (Wildman–Crippen LogP) is 3.97. The van der Waals surface area contributed by atoms with Gasteiger partial charge < -0.3 is 0 Å². The molecule has 0 saturated heterocycles. The predicted molar refractivity (Wildman–Crippen MR) is 82.8 cm³/mol. The van der Waals surface area contributed by atoms with Gasteiger partial charge in [0.25, 0.3) is 0 Å². The highest BCUT2D eigenvalue weighted by atomic mass is 15.0. The van der Waals surface area contributed by atoms with Crippen molar-refractivity contribution >= 4 is 10.9 Å². The molecule has 98 valence electrons. The van der Waals surface area contributed by atoms with Crippen molar-refractivity contribution in [3.05, 3.63) is 65.2 Å². The van der Waals surface area contributed by atoms with E-state index in [-0.39, 0.29) is 0 Å². The SMILES string of the molecule is Cc1cccc(C)c1-c1ccc2cccc3c2[n+]1CC3. The van der Waals surface area contributed by atoms with Crippen LogP contribution in [0.2, 0.25) is 0 Å². The topological polar surface area (TPSA) is 3.88 Å². The first-order valence-electron chi connectivity index (χ1n) is 7.27.